The van der Waals surface area contributed by atoms with E-state index in [1.807, 2.05) is 24.3 Å². The van der Waals surface area contributed by atoms with Crippen LogP contribution in [0.4, 0.5) is 0 Å². The van der Waals surface area contributed by atoms with Crippen LogP contribution in [0.3, 0.4) is 0 Å². The van der Waals surface area contributed by atoms with Gasteiger partial charge in [-0.15, -0.1) is 0 Å². The van der Waals surface area contributed by atoms with E-state index in [1.54, 1.807) is 26.4 Å². The third-order valence-corrected chi connectivity index (χ3v) is 5.01. The van der Waals surface area contributed by atoms with Crippen molar-refractivity contribution in [1.29, 1.82) is 5.26 Å². The Morgan fingerprint density at radius 3 is 2.21 bits per heavy atom. The summed E-state index contributed by atoms with van der Waals surface area (Å²) in [6, 6.07) is 15.3. The van der Waals surface area contributed by atoms with Gasteiger partial charge in [0.2, 0.25) is 0 Å². The Kier molecular flexibility index (Phi) is 7.12. The molecule has 1 aliphatic heterocycles. The molecule has 0 radical (unpaired) electrons. The van der Waals surface area contributed by atoms with Crippen LogP contribution in [-0.2, 0) is 6.54 Å². The quantitative estimate of drug-likeness (QED) is 0.701. The normalized spacial score (nSPS) is 15.0. The number of hydrogen-bond acceptors (Lipinski definition) is 6. The molecule has 0 N–H and O–H groups in total. The van der Waals surface area contributed by atoms with E-state index in [2.05, 4.69) is 21.9 Å². The zero-order valence-corrected chi connectivity index (χ0v) is 16.6. The maximum absolute atomic E-state index is 8.83. The molecule has 0 saturated carbocycles. The Morgan fingerprint density at radius 1 is 0.893 bits per heavy atom. The summed E-state index contributed by atoms with van der Waals surface area (Å²) in [7, 11) is 3.39. The van der Waals surface area contributed by atoms with E-state index in [4.69, 9.17) is 19.5 Å². The Bertz CT molecular complexity index is 794. The van der Waals surface area contributed by atoms with Crippen molar-refractivity contribution < 1.29 is 14.2 Å². The van der Waals surface area contributed by atoms with Gasteiger partial charge in [-0.3, -0.25) is 9.80 Å². The third kappa shape index (κ3) is 5.38. The minimum absolute atomic E-state index is 0.648. The molecule has 2 aromatic rings. The fourth-order valence-electron chi connectivity index (χ4n) is 3.34. The lowest BCUT2D eigenvalue weighted by molar-refractivity contribution is 0.112. The molecule has 148 valence electrons. The summed E-state index contributed by atoms with van der Waals surface area (Å²) in [5.74, 6) is 2.57. The molecule has 1 aliphatic rings. The van der Waals surface area contributed by atoms with Gasteiger partial charge in [0.1, 0.15) is 23.9 Å². The highest BCUT2D eigenvalue weighted by atomic mass is 16.5. The van der Waals surface area contributed by atoms with Gasteiger partial charge in [0.25, 0.3) is 0 Å². The van der Waals surface area contributed by atoms with E-state index < -0.39 is 0 Å². The predicted molar refractivity (Wildman–Crippen MR) is 108 cm³/mol. The van der Waals surface area contributed by atoms with Crippen molar-refractivity contribution in [1.82, 2.24) is 9.80 Å². The number of piperazine rings is 1. The Hall–Kier alpha value is -2.75. The first-order valence-corrected chi connectivity index (χ1v) is 9.50. The molecule has 0 amide bonds. The van der Waals surface area contributed by atoms with Crippen molar-refractivity contribution in [3.8, 4) is 23.3 Å². The van der Waals surface area contributed by atoms with Crippen LogP contribution in [0.1, 0.15) is 11.1 Å². The number of nitriles is 1. The molecule has 1 fully saturated rings. The summed E-state index contributed by atoms with van der Waals surface area (Å²) in [6.07, 6.45) is 0. The zero-order valence-electron chi connectivity index (χ0n) is 16.6. The van der Waals surface area contributed by atoms with E-state index in [0.717, 1.165) is 62.1 Å². The van der Waals surface area contributed by atoms with Crippen LogP contribution in [0.25, 0.3) is 0 Å². The molecule has 0 bridgehead atoms. The van der Waals surface area contributed by atoms with Crippen molar-refractivity contribution in [3.63, 3.8) is 0 Å². The molecule has 3 rings (SSSR count). The maximum Gasteiger partial charge on any atom is 0.123 e. The number of methoxy groups -OCH3 is 2. The summed E-state index contributed by atoms with van der Waals surface area (Å²) in [5, 5.41) is 8.83. The molecule has 1 heterocycles. The lowest BCUT2D eigenvalue weighted by atomic mass is 10.1. The molecular weight excluding hydrogens is 354 g/mol. The second-order valence-corrected chi connectivity index (χ2v) is 6.78. The summed E-state index contributed by atoms with van der Waals surface area (Å²) in [4.78, 5) is 4.86. The smallest absolute Gasteiger partial charge is 0.123 e. The van der Waals surface area contributed by atoms with Gasteiger partial charge < -0.3 is 14.2 Å². The minimum atomic E-state index is 0.648. The van der Waals surface area contributed by atoms with Gasteiger partial charge in [-0.2, -0.15) is 5.26 Å². The van der Waals surface area contributed by atoms with Crippen molar-refractivity contribution in [2.75, 3.05) is 53.6 Å². The van der Waals surface area contributed by atoms with Crippen LogP contribution in [0, 0.1) is 11.3 Å². The molecule has 6 heteroatoms. The second-order valence-electron chi connectivity index (χ2n) is 6.78. The number of hydrogen-bond donors (Lipinski definition) is 0. The van der Waals surface area contributed by atoms with Crippen molar-refractivity contribution in [2.45, 2.75) is 6.54 Å². The van der Waals surface area contributed by atoms with Gasteiger partial charge in [-0.1, -0.05) is 0 Å². The average Bonchev–Trinajstić information content (AvgIpc) is 2.75. The molecule has 6 nitrogen and oxygen atoms in total. The standard InChI is InChI=1S/C22H27N3O3/c1-26-21-7-8-22(27-2)19(15-21)17-25-11-9-24(10-12-25)13-14-28-20-5-3-18(16-23)4-6-20/h3-8,15H,9-14,17H2,1-2H3. The van der Waals surface area contributed by atoms with Gasteiger partial charge in [0.15, 0.2) is 0 Å². The predicted octanol–water partition coefficient (Wildman–Crippen LogP) is 2.77. The van der Waals surface area contributed by atoms with E-state index >= 15 is 0 Å². The Balaban J connectivity index is 1.42. The number of nitrogens with zero attached hydrogens (tertiary/aromatic N) is 3. The Morgan fingerprint density at radius 2 is 1.57 bits per heavy atom. The molecule has 28 heavy (non-hydrogen) atoms. The summed E-state index contributed by atoms with van der Waals surface area (Å²) < 4.78 is 16.6. The first-order chi connectivity index (χ1) is 13.7. The van der Waals surface area contributed by atoms with Gasteiger partial charge >= 0.3 is 0 Å². The van der Waals surface area contributed by atoms with Crippen LogP contribution in [0.15, 0.2) is 42.5 Å². The molecule has 0 unspecified atom stereocenters. The topological polar surface area (TPSA) is 58.0 Å². The average molecular weight is 381 g/mol. The fourth-order valence-corrected chi connectivity index (χ4v) is 3.34. The van der Waals surface area contributed by atoms with Crippen LogP contribution in [-0.4, -0.2) is 63.4 Å². The second kappa shape index (κ2) is 9.98. The first kappa shape index (κ1) is 20.0. The molecule has 0 aliphatic carbocycles. The highest BCUT2D eigenvalue weighted by molar-refractivity contribution is 5.40. The minimum Gasteiger partial charge on any atom is -0.497 e. The van der Waals surface area contributed by atoms with Gasteiger partial charge in [-0.25, -0.2) is 0 Å². The number of ether oxygens (including phenoxy) is 3. The van der Waals surface area contributed by atoms with Gasteiger partial charge in [0.05, 0.1) is 25.9 Å². The molecule has 1 saturated heterocycles. The summed E-state index contributed by atoms with van der Waals surface area (Å²) in [6.45, 7) is 6.46. The van der Waals surface area contributed by atoms with Gasteiger partial charge in [-0.05, 0) is 42.5 Å². The monoisotopic (exact) mass is 381 g/mol. The van der Waals surface area contributed by atoms with Crippen LogP contribution in [0.2, 0.25) is 0 Å². The van der Waals surface area contributed by atoms with Crippen molar-refractivity contribution in [2.24, 2.45) is 0 Å². The van der Waals surface area contributed by atoms with E-state index in [9.17, 15) is 0 Å². The van der Waals surface area contributed by atoms with Crippen molar-refractivity contribution >= 4 is 0 Å². The lowest BCUT2D eigenvalue weighted by Crippen LogP contribution is -2.47. The SMILES string of the molecule is COc1ccc(OC)c(CN2CCN(CCOc3ccc(C#N)cc3)CC2)c1. The highest BCUT2D eigenvalue weighted by Gasteiger charge is 2.18. The summed E-state index contributed by atoms with van der Waals surface area (Å²) >= 11 is 0. The largest absolute Gasteiger partial charge is 0.497 e. The molecule has 0 atom stereocenters. The van der Waals surface area contributed by atoms with Gasteiger partial charge in [0, 0.05) is 44.8 Å². The molecular formula is C22H27N3O3. The fraction of sp³-hybridized carbons (Fsp3) is 0.409. The Labute approximate surface area is 166 Å². The van der Waals surface area contributed by atoms with E-state index in [1.165, 1.54) is 0 Å². The number of benzene rings is 2. The summed E-state index contributed by atoms with van der Waals surface area (Å²) in [5.41, 5.74) is 1.80. The number of rotatable bonds is 8. The molecule has 0 aromatic heterocycles. The molecule has 2 aromatic carbocycles. The van der Waals surface area contributed by atoms with Crippen LogP contribution < -0.4 is 14.2 Å². The lowest BCUT2D eigenvalue weighted by Gasteiger charge is -2.34. The van der Waals surface area contributed by atoms with Crippen LogP contribution in [0.5, 0.6) is 17.2 Å². The molecule has 0 spiro atoms. The van der Waals surface area contributed by atoms with E-state index in [-0.39, 0.29) is 0 Å². The van der Waals surface area contributed by atoms with Crippen LogP contribution >= 0.6 is 0 Å². The first-order valence-electron chi connectivity index (χ1n) is 9.50. The van der Waals surface area contributed by atoms with Crippen molar-refractivity contribution in [3.05, 3.63) is 53.6 Å². The maximum atomic E-state index is 8.83. The highest BCUT2D eigenvalue weighted by Crippen LogP contribution is 2.25. The zero-order chi connectivity index (χ0) is 19.8. The third-order valence-electron chi connectivity index (χ3n) is 5.01. The van der Waals surface area contributed by atoms with E-state index in [0.29, 0.717) is 12.2 Å².